The van der Waals surface area contributed by atoms with Gasteiger partial charge in [0.2, 0.25) is 0 Å². The maximum absolute atomic E-state index is 12.1. The van der Waals surface area contributed by atoms with Crippen molar-refractivity contribution < 1.29 is 14.6 Å². The molecule has 22 heavy (non-hydrogen) atoms. The SMILES string of the molecule is CC(C)N(C(=O)O/C=C\[C@H](C)[C@H](O)C1CCCCC1)C(C)C. The Labute approximate surface area is 135 Å². The summed E-state index contributed by atoms with van der Waals surface area (Å²) in [7, 11) is 0. The van der Waals surface area contributed by atoms with Gasteiger partial charge in [0.05, 0.1) is 12.4 Å². The van der Waals surface area contributed by atoms with Gasteiger partial charge in [-0.1, -0.05) is 26.2 Å². The fourth-order valence-electron chi connectivity index (χ4n) is 3.32. The first-order valence-electron chi connectivity index (χ1n) is 8.68. The summed E-state index contributed by atoms with van der Waals surface area (Å²) in [5, 5.41) is 10.4. The molecule has 0 aromatic carbocycles. The van der Waals surface area contributed by atoms with Crippen LogP contribution in [0.1, 0.15) is 66.7 Å². The Morgan fingerprint density at radius 1 is 1.09 bits per heavy atom. The molecule has 0 spiro atoms. The second-order valence-corrected chi connectivity index (χ2v) is 7.05. The number of aliphatic hydroxyl groups excluding tert-OH is 1. The van der Waals surface area contributed by atoms with Gasteiger partial charge >= 0.3 is 6.09 Å². The van der Waals surface area contributed by atoms with Crippen molar-refractivity contribution in [2.24, 2.45) is 11.8 Å². The van der Waals surface area contributed by atoms with E-state index in [4.69, 9.17) is 4.74 Å². The zero-order valence-corrected chi connectivity index (χ0v) is 14.8. The predicted octanol–water partition coefficient (Wildman–Crippen LogP) is 4.33. The largest absolute Gasteiger partial charge is 0.418 e. The number of carbonyl (C=O) groups excluding carboxylic acids is 1. The molecule has 2 atom stereocenters. The van der Waals surface area contributed by atoms with Crippen LogP contribution in [-0.4, -0.2) is 34.3 Å². The van der Waals surface area contributed by atoms with Crippen molar-refractivity contribution in [3.63, 3.8) is 0 Å². The number of hydrogen-bond donors (Lipinski definition) is 1. The lowest BCUT2D eigenvalue weighted by Crippen LogP contribution is -2.41. The van der Waals surface area contributed by atoms with Crippen molar-refractivity contribution in [1.82, 2.24) is 4.90 Å². The van der Waals surface area contributed by atoms with Crippen molar-refractivity contribution in [3.8, 4) is 0 Å². The molecule has 0 saturated heterocycles. The number of rotatable bonds is 6. The van der Waals surface area contributed by atoms with Crippen molar-refractivity contribution in [3.05, 3.63) is 12.3 Å². The summed E-state index contributed by atoms with van der Waals surface area (Å²) in [5.74, 6) is 0.384. The van der Waals surface area contributed by atoms with Gasteiger partial charge in [-0.15, -0.1) is 0 Å². The molecule has 0 aromatic rings. The van der Waals surface area contributed by atoms with Crippen molar-refractivity contribution in [2.45, 2.75) is 84.9 Å². The van der Waals surface area contributed by atoms with E-state index < -0.39 is 0 Å². The lowest BCUT2D eigenvalue weighted by atomic mass is 9.81. The van der Waals surface area contributed by atoms with E-state index >= 15 is 0 Å². The fourth-order valence-corrected chi connectivity index (χ4v) is 3.32. The lowest BCUT2D eigenvalue weighted by molar-refractivity contribution is 0.0544. The first kappa shape index (κ1) is 19.0. The predicted molar refractivity (Wildman–Crippen MR) is 89.5 cm³/mol. The van der Waals surface area contributed by atoms with Crippen molar-refractivity contribution in [1.29, 1.82) is 0 Å². The molecule has 1 saturated carbocycles. The Bertz CT molecular complexity index is 351. The summed E-state index contributed by atoms with van der Waals surface area (Å²) in [6.07, 6.45) is 8.48. The number of carbonyl (C=O) groups is 1. The molecule has 4 heteroatoms. The number of hydrogen-bond acceptors (Lipinski definition) is 3. The third-order valence-corrected chi connectivity index (χ3v) is 4.55. The summed E-state index contributed by atoms with van der Waals surface area (Å²) in [4.78, 5) is 13.8. The van der Waals surface area contributed by atoms with Gasteiger partial charge in [0.15, 0.2) is 0 Å². The topological polar surface area (TPSA) is 49.8 Å². The average molecular weight is 311 g/mol. The molecule has 1 fully saturated rings. The van der Waals surface area contributed by atoms with Crippen LogP contribution in [0.5, 0.6) is 0 Å². The Hall–Kier alpha value is -1.03. The second-order valence-electron chi connectivity index (χ2n) is 7.05. The fraction of sp³-hybridized carbons (Fsp3) is 0.833. The molecule has 4 nitrogen and oxygen atoms in total. The summed E-state index contributed by atoms with van der Waals surface area (Å²) >= 11 is 0. The highest BCUT2D eigenvalue weighted by Crippen LogP contribution is 2.29. The molecule has 0 aliphatic heterocycles. The van der Waals surface area contributed by atoms with E-state index in [1.807, 2.05) is 34.6 Å². The van der Waals surface area contributed by atoms with Gasteiger partial charge < -0.3 is 14.7 Å². The smallest absolute Gasteiger partial charge is 0.415 e. The molecule has 0 radical (unpaired) electrons. The van der Waals surface area contributed by atoms with Crippen LogP contribution in [0.15, 0.2) is 12.3 Å². The first-order chi connectivity index (χ1) is 10.3. The minimum Gasteiger partial charge on any atom is -0.418 e. The van der Waals surface area contributed by atoms with Crippen LogP contribution in [0.25, 0.3) is 0 Å². The third kappa shape index (κ3) is 5.64. The molecule has 0 unspecified atom stereocenters. The minimum absolute atomic E-state index is 0.00227. The van der Waals surface area contributed by atoms with Crippen LogP contribution >= 0.6 is 0 Å². The van der Waals surface area contributed by atoms with E-state index in [-0.39, 0.29) is 30.2 Å². The number of nitrogens with zero attached hydrogens (tertiary/aromatic N) is 1. The van der Waals surface area contributed by atoms with Gasteiger partial charge in [0.25, 0.3) is 0 Å². The third-order valence-electron chi connectivity index (χ3n) is 4.55. The quantitative estimate of drug-likeness (QED) is 0.743. The molecule has 1 rings (SSSR count). The maximum Gasteiger partial charge on any atom is 0.415 e. The second kappa shape index (κ2) is 9.19. The molecule has 1 amide bonds. The first-order valence-corrected chi connectivity index (χ1v) is 8.68. The summed E-state index contributed by atoms with van der Waals surface area (Å²) in [5.41, 5.74) is 0. The molecule has 1 aliphatic carbocycles. The average Bonchev–Trinajstić information content (AvgIpc) is 2.46. The van der Waals surface area contributed by atoms with E-state index in [9.17, 15) is 9.90 Å². The Kier molecular flexibility index (Phi) is 7.94. The van der Waals surface area contributed by atoms with Crippen molar-refractivity contribution in [2.75, 3.05) is 0 Å². The van der Waals surface area contributed by atoms with Gasteiger partial charge in [-0.05, 0) is 52.5 Å². The summed E-state index contributed by atoms with van der Waals surface area (Å²) in [6.45, 7) is 9.87. The highest BCUT2D eigenvalue weighted by molar-refractivity contribution is 5.68. The highest BCUT2D eigenvalue weighted by atomic mass is 16.5. The molecule has 1 N–H and O–H groups in total. The van der Waals surface area contributed by atoms with Gasteiger partial charge in [-0.3, -0.25) is 0 Å². The molecular formula is C18H33NO3. The summed E-state index contributed by atoms with van der Waals surface area (Å²) in [6, 6.07) is 0.206. The zero-order chi connectivity index (χ0) is 16.7. The Balaban J connectivity index is 2.47. The number of amides is 1. The van der Waals surface area contributed by atoms with Crippen LogP contribution < -0.4 is 0 Å². The van der Waals surface area contributed by atoms with E-state index in [1.54, 1.807) is 11.0 Å². The molecule has 1 aliphatic rings. The maximum atomic E-state index is 12.1. The molecule has 0 bridgehead atoms. The number of aliphatic hydroxyl groups is 1. The van der Waals surface area contributed by atoms with Gasteiger partial charge in [0.1, 0.15) is 0 Å². The monoisotopic (exact) mass is 311 g/mol. The standard InChI is InChI=1S/C18H33NO3/c1-13(2)19(14(3)4)18(21)22-12-11-15(5)17(20)16-9-7-6-8-10-16/h11-17,20H,6-10H2,1-5H3/b12-11-/t15-,17-/m0/s1. The Morgan fingerprint density at radius 2 is 1.64 bits per heavy atom. The highest BCUT2D eigenvalue weighted by Gasteiger charge is 2.25. The van der Waals surface area contributed by atoms with Crippen LogP contribution in [0.3, 0.4) is 0 Å². The van der Waals surface area contributed by atoms with Crippen LogP contribution in [0.4, 0.5) is 4.79 Å². The molecule has 128 valence electrons. The Morgan fingerprint density at radius 3 is 2.14 bits per heavy atom. The van der Waals surface area contributed by atoms with Gasteiger partial charge in [-0.25, -0.2) is 4.79 Å². The minimum atomic E-state index is -0.346. The number of ether oxygens (including phenoxy) is 1. The van der Waals surface area contributed by atoms with Crippen LogP contribution in [0, 0.1) is 11.8 Å². The van der Waals surface area contributed by atoms with Gasteiger partial charge in [-0.2, -0.15) is 0 Å². The zero-order valence-electron chi connectivity index (χ0n) is 14.8. The van der Waals surface area contributed by atoms with Crippen LogP contribution in [-0.2, 0) is 4.74 Å². The van der Waals surface area contributed by atoms with E-state index in [0.717, 1.165) is 12.8 Å². The van der Waals surface area contributed by atoms with Gasteiger partial charge in [0, 0.05) is 18.0 Å². The van der Waals surface area contributed by atoms with Crippen LogP contribution in [0.2, 0.25) is 0 Å². The van der Waals surface area contributed by atoms with Crippen molar-refractivity contribution >= 4 is 6.09 Å². The van der Waals surface area contributed by atoms with E-state index in [1.165, 1.54) is 25.5 Å². The lowest BCUT2D eigenvalue weighted by Gasteiger charge is -2.30. The van der Waals surface area contributed by atoms with E-state index in [0.29, 0.717) is 5.92 Å². The normalized spacial score (nSPS) is 19.6. The van der Waals surface area contributed by atoms with E-state index in [2.05, 4.69) is 0 Å². The molecular weight excluding hydrogens is 278 g/mol. The molecule has 0 aromatic heterocycles. The summed E-state index contributed by atoms with van der Waals surface area (Å²) < 4.78 is 5.23. The molecule has 0 heterocycles.